The summed E-state index contributed by atoms with van der Waals surface area (Å²) in [4.78, 5) is 23.5. The number of hydrogen-bond donors (Lipinski definition) is 0. The third kappa shape index (κ3) is 4.64. The van der Waals surface area contributed by atoms with E-state index in [4.69, 9.17) is 11.2 Å². The van der Waals surface area contributed by atoms with E-state index in [1.807, 2.05) is 19.1 Å². The highest BCUT2D eigenvalue weighted by Gasteiger charge is 2.05. The van der Waals surface area contributed by atoms with E-state index < -0.39 is 0 Å². The second kappa shape index (κ2) is 7.57. The lowest BCUT2D eigenvalue weighted by atomic mass is 10.1. The topological polar surface area (TPSA) is 43.4 Å². The fourth-order valence-corrected chi connectivity index (χ4v) is 1.94. The second-order valence-corrected chi connectivity index (χ2v) is 4.50. The third-order valence-corrected chi connectivity index (χ3v) is 3.16. The number of benzene rings is 1. The van der Waals surface area contributed by atoms with Gasteiger partial charge in [-0.05, 0) is 12.1 Å². The molecule has 1 rings (SSSR count). The summed E-state index contributed by atoms with van der Waals surface area (Å²) in [6.45, 7) is 1.83. The van der Waals surface area contributed by atoms with Gasteiger partial charge in [0.2, 0.25) is 0 Å². The molecule has 4 heteroatoms. The van der Waals surface area contributed by atoms with Crippen LogP contribution in [0.4, 0.5) is 0 Å². The smallest absolute Gasteiger partial charge is 0.317 e. The Labute approximate surface area is 111 Å². The van der Waals surface area contributed by atoms with Gasteiger partial charge in [0.25, 0.3) is 0 Å². The molecule has 0 saturated carbocycles. The van der Waals surface area contributed by atoms with Gasteiger partial charge in [-0.2, -0.15) is 0 Å². The van der Waals surface area contributed by atoms with Crippen LogP contribution < -0.4 is 0 Å². The minimum absolute atomic E-state index is 0.00331. The third-order valence-electron chi connectivity index (χ3n) is 2.17. The van der Waals surface area contributed by atoms with E-state index in [0.29, 0.717) is 12.0 Å². The average molecular weight is 262 g/mol. The Hall–Kier alpha value is -1.73. The standard InChI is InChI=1S/C14H14O3S/c1-3-9-17-14(16)10-18-12-7-5-11(6-8-12)13(15)4-2/h1,5-8H,4,9-10H2,2H3. The van der Waals surface area contributed by atoms with E-state index in [9.17, 15) is 9.59 Å². The molecule has 1 aromatic carbocycles. The Morgan fingerprint density at radius 2 is 2.00 bits per heavy atom. The molecule has 0 aliphatic rings. The van der Waals surface area contributed by atoms with Gasteiger partial charge in [0, 0.05) is 16.9 Å². The van der Waals surface area contributed by atoms with E-state index in [1.54, 1.807) is 12.1 Å². The predicted octanol–water partition coefficient (Wildman–Crippen LogP) is 2.55. The zero-order chi connectivity index (χ0) is 13.4. The molecule has 0 aliphatic carbocycles. The maximum atomic E-state index is 11.4. The number of terminal acetylenes is 1. The van der Waals surface area contributed by atoms with Crippen molar-refractivity contribution in [3.05, 3.63) is 29.8 Å². The largest absolute Gasteiger partial charge is 0.452 e. The van der Waals surface area contributed by atoms with Gasteiger partial charge in [-0.15, -0.1) is 18.2 Å². The summed E-state index contributed by atoms with van der Waals surface area (Å²) in [7, 11) is 0. The van der Waals surface area contributed by atoms with Gasteiger partial charge in [-0.3, -0.25) is 9.59 Å². The lowest BCUT2D eigenvalue weighted by Gasteiger charge is -2.03. The Kier molecular flexibility index (Phi) is 6.03. The summed E-state index contributed by atoms with van der Waals surface area (Å²) < 4.78 is 4.74. The van der Waals surface area contributed by atoms with E-state index >= 15 is 0 Å². The van der Waals surface area contributed by atoms with Gasteiger partial charge in [-0.25, -0.2) is 0 Å². The van der Waals surface area contributed by atoms with Gasteiger partial charge in [-0.1, -0.05) is 25.0 Å². The first kappa shape index (κ1) is 14.3. The molecule has 0 saturated heterocycles. The molecule has 0 fully saturated rings. The zero-order valence-corrected chi connectivity index (χ0v) is 11.0. The van der Waals surface area contributed by atoms with Crippen molar-refractivity contribution in [2.75, 3.05) is 12.4 Å². The van der Waals surface area contributed by atoms with Crippen molar-refractivity contribution < 1.29 is 14.3 Å². The van der Waals surface area contributed by atoms with Crippen LogP contribution in [-0.2, 0) is 9.53 Å². The Balaban J connectivity index is 2.47. The molecule has 94 valence electrons. The number of Topliss-reactive ketones (excluding diaryl/α,β-unsaturated/α-hetero) is 1. The van der Waals surface area contributed by atoms with E-state index in [-0.39, 0.29) is 24.1 Å². The minimum Gasteiger partial charge on any atom is -0.452 e. The normalized spacial score (nSPS) is 9.56. The van der Waals surface area contributed by atoms with E-state index in [0.717, 1.165) is 4.90 Å². The van der Waals surface area contributed by atoms with Gasteiger partial charge >= 0.3 is 5.97 Å². The molecule has 0 unspecified atom stereocenters. The summed E-state index contributed by atoms with van der Waals surface area (Å²) in [6.07, 6.45) is 5.47. The fraction of sp³-hybridized carbons (Fsp3) is 0.286. The first-order chi connectivity index (χ1) is 8.67. The molecule has 18 heavy (non-hydrogen) atoms. The van der Waals surface area contributed by atoms with Crippen molar-refractivity contribution in [1.29, 1.82) is 0 Å². The summed E-state index contributed by atoms with van der Waals surface area (Å²) in [6, 6.07) is 7.17. The van der Waals surface area contributed by atoms with Gasteiger partial charge in [0.1, 0.15) is 0 Å². The SMILES string of the molecule is C#CCOC(=O)CSc1ccc(C(=O)CC)cc1. The van der Waals surface area contributed by atoms with Crippen LogP contribution in [0, 0.1) is 12.3 Å². The Bertz CT molecular complexity index is 457. The summed E-state index contributed by atoms with van der Waals surface area (Å²) in [5.74, 6) is 2.21. The second-order valence-electron chi connectivity index (χ2n) is 3.45. The van der Waals surface area contributed by atoms with Crippen LogP contribution in [0.3, 0.4) is 0 Å². The number of thioether (sulfide) groups is 1. The van der Waals surface area contributed by atoms with Crippen molar-refractivity contribution in [3.63, 3.8) is 0 Å². The highest BCUT2D eigenvalue weighted by molar-refractivity contribution is 8.00. The number of esters is 1. The quantitative estimate of drug-likeness (QED) is 0.342. The molecule has 0 radical (unpaired) electrons. The molecular weight excluding hydrogens is 248 g/mol. The molecule has 1 aromatic rings. The predicted molar refractivity (Wildman–Crippen MR) is 71.6 cm³/mol. The summed E-state index contributed by atoms with van der Waals surface area (Å²) in [5, 5.41) is 0. The van der Waals surface area contributed by atoms with Crippen molar-refractivity contribution >= 4 is 23.5 Å². The van der Waals surface area contributed by atoms with Crippen molar-refractivity contribution in [2.45, 2.75) is 18.2 Å². The van der Waals surface area contributed by atoms with Crippen LogP contribution in [0.15, 0.2) is 29.2 Å². The van der Waals surface area contributed by atoms with Crippen molar-refractivity contribution in [2.24, 2.45) is 0 Å². The fourth-order valence-electron chi connectivity index (χ4n) is 1.25. The van der Waals surface area contributed by atoms with Crippen molar-refractivity contribution in [3.8, 4) is 12.3 Å². The first-order valence-corrected chi connectivity index (χ1v) is 6.51. The monoisotopic (exact) mass is 262 g/mol. The molecular formula is C14H14O3S. The molecule has 0 atom stereocenters. The molecule has 0 bridgehead atoms. The highest BCUT2D eigenvalue weighted by atomic mass is 32.2. The lowest BCUT2D eigenvalue weighted by Crippen LogP contribution is -2.07. The molecule has 0 spiro atoms. The molecule has 0 amide bonds. The molecule has 0 heterocycles. The van der Waals surface area contributed by atoms with Gasteiger partial charge < -0.3 is 4.74 Å². The maximum Gasteiger partial charge on any atom is 0.317 e. The lowest BCUT2D eigenvalue weighted by molar-refractivity contribution is -0.138. The Morgan fingerprint density at radius 1 is 1.33 bits per heavy atom. The van der Waals surface area contributed by atoms with Crippen LogP contribution in [0.5, 0.6) is 0 Å². The van der Waals surface area contributed by atoms with Crippen LogP contribution in [0.25, 0.3) is 0 Å². The van der Waals surface area contributed by atoms with Crippen LogP contribution >= 0.6 is 11.8 Å². The zero-order valence-electron chi connectivity index (χ0n) is 10.1. The van der Waals surface area contributed by atoms with E-state index in [1.165, 1.54) is 11.8 Å². The summed E-state index contributed by atoms with van der Waals surface area (Å²) >= 11 is 1.35. The molecule has 3 nitrogen and oxygen atoms in total. The van der Waals surface area contributed by atoms with Crippen LogP contribution in [-0.4, -0.2) is 24.1 Å². The maximum absolute atomic E-state index is 11.4. The molecule has 0 aromatic heterocycles. The molecule has 0 aliphatic heterocycles. The van der Waals surface area contributed by atoms with Crippen molar-refractivity contribution in [1.82, 2.24) is 0 Å². The van der Waals surface area contributed by atoms with Crippen LogP contribution in [0.1, 0.15) is 23.7 Å². The number of ketones is 1. The number of rotatable bonds is 6. The number of carbonyl (C=O) groups excluding carboxylic acids is 2. The molecule has 0 N–H and O–H groups in total. The summed E-state index contributed by atoms with van der Waals surface area (Å²) in [5.41, 5.74) is 0.691. The van der Waals surface area contributed by atoms with Gasteiger partial charge in [0.15, 0.2) is 12.4 Å². The minimum atomic E-state index is -0.341. The number of carbonyl (C=O) groups is 2. The first-order valence-electron chi connectivity index (χ1n) is 5.52. The Morgan fingerprint density at radius 3 is 2.56 bits per heavy atom. The van der Waals surface area contributed by atoms with Crippen LogP contribution in [0.2, 0.25) is 0 Å². The number of ether oxygens (including phenoxy) is 1. The van der Waals surface area contributed by atoms with E-state index in [2.05, 4.69) is 5.92 Å². The highest BCUT2D eigenvalue weighted by Crippen LogP contribution is 2.19. The number of hydrogen-bond acceptors (Lipinski definition) is 4. The average Bonchev–Trinajstić information content (AvgIpc) is 2.42. The van der Waals surface area contributed by atoms with Gasteiger partial charge in [0.05, 0.1) is 5.75 Å².